The van der Waals surface area contributed by atoms with Gasteiger partial charge in [0.05, 0.1) is 12.3 Å². The summed E-state index contributed by atoms with van der Waals surface area (Å²) in [5.74, 6) is 3.63. The van der Waals surface area contributed by atoms with Crippen molar-refractivity contribution in [2.24, 2.45) is 5.92 Å². The molecule has 1 saturated carbocycles. The number of hydrogen-bond donors (Lipinski definition) is 1. The van der Waals surface area contributed by atoms with Crippen molar-refractivity contribution in [1.82, 2.24) is 20.2 Å². The first kappa shape index (κ1) is 18.1. The van der Waals surface area contributed by atoms with Gasteiger partial charge in [0.1, 0.15) is 11.6 Å². The molecule has 0 aromatic carbocycles. The highest BCUT2D eigenvalue weighted by Crippen LogP contribution is 2.39. The number of aromatic nitrogens is 2. The van der Waals surface area contributed by atoms with Gasteiger partial charge >= 0.3 is 0 Å². The molecule has 1 N–H and O–H groups in total. The minimum atomic E-state index is 0.611. The Hall–Kier alpha value is -1.24. The Balaban J connectivity index is 1.48. The molecule has 144 valence electrons. The molecule has 0 radical (unpaired) electrons. The zero-order valence-electron chi connectivity index (χ0n) is 16.3. The maximum atomic E-state index is 5.23. The third-order valence-electron chi connectivity index (χ3n) is 6.00. The van der Waals surface area contributed by atoms with Crippen LogP contribution in [0.3, 0.4) is 0 Å². The van der Waals surface area contributed by atoms with Crippen LogP contribution in [0.4, 0.5) is 5.82 Å². The molecule has 3 heterocycles. The number of likely N-dealkylation sites (tertiary alicyclic amines) is 1. The third-order valence-corrected chi connectivity index (χ3v) is 6.00. The SMILES string of the molecule is COCCN1CC[C@@H](CN(C)c2nc(C3CC3)nc3c2CCNCC3)C1. The summed E-state index contributed by atoms with van der Waals surface area (Å²) in [5.41, 5.74) is 2.68. The lowest BCUT2D eigenvalue weighted by Crippen LogP contribution is -2.31. The van der Waals surface area contributed by atoms with Crippen LogP contribution in [0.15, 0.2) is 0 Å². The lowest BCUT2D eigenvalue weighted by Gasteiger charge is -2.26. The van der Waals surface area contributed by atoms with Crippen LogP contribution in [0.1, 0.15) is 42.3 Å². The number of ether oxygens (including phenoxy) is 1. The Morgan fingerprint density at radius 2 is 2.04 bits per heavy atom. The zero-order chi connectivity index (χ0) is 17.9. The molecule has 4 rings (SSSR count). The topological polar surface area (TPSA) is 53.5 Å². The van der Waals surface area contributed by atoms with Crippen molar-refractivity contribution >= 4 is 5.82 Å². The standard InChI is InChI=1S/C20H33N5O/c1-24(13-15-7-10-25(14-15)11-12-26-2)20-17-5-8-21-9-6-18(17)22-19(23-20)16-3-4-16/h15-16,21H,3-14H2,1-2H3/t15-/m0/s1. The van der Waals surface area contributed by atoms with Crippen molar-refractivity contribution in [3.63, 3.8) is 0 Å². The molecule has 3 aliphatic rings. The molecule has 1 aromatic heterocycles. The first-order valence-electron chi connectivity index (χ1n) is 10.3. The summed E-state index contributed by atoms with van der Waals surface area (Å²) in [6.45, 7) is 7.42. The van der Waals surface area contributed by atoms with Crippen LogP contribution in [0, 0.1) is 5.92 Å². The van der Waals surface area contributed by atoms with Crippen LogP contribution < -0.4 is 10.2 Å². The van der Waals surface area contributed by atoms with Gasteiger partial charge in [0.25, 0.3) is 0 Å². The largest absolute Gasteiger partial charge is 0.383 e. The van der Waals surface area contributed by atoms with Gasteiger partial charge in [-0.1, -0.05) is 0 Å². The number of rotatable bonds is 7. The fourth-order valence-corrected chi connectivity index (χ4v) is 4.34. The summed E-state index contributed by atoms with van der Waals surface area (Å²) in [7, 11) is 4.02. The van der Waals surface area contributed by atoms with E-state index in [9.17, 15) is 0 Å². The molecule has 0 amide bonds. The fourth-order valence-electron chi connectivity index (χ4n) is 4.34. The smallest absolute Gasteiger partial charge is 0.135 e. The highest BCUT2D eigenvalue weighted by Gasteiger charge is 2.30. The van der Waals surface area contributed by atoms with Crippen LogP contribution in [-0.4, -0.2) is 74.9 Å². The Morgan fingerprint density at radius 3 is 2.85 bits per heavy atom. The van der Waals surface area contributed by atoms with E-state index < -0.39 is 0 Å². The van der Waals surface area contributed by atoms with E-state index in [-0.39, 0.29) is 0 Å². The lowest BCUT2D eigenvalue weighted by atomic mass is 10.1. The quantitative estimate of drug-likeness (QED) is 0.795. The predicted molar refractivity (Wildman–Crippen MR) is 104 cm³/mol. The average molecular weight is 360 g/mol. The van der Waals surface area contributed by atoms with E-state index in [4.69, 9.17) is 14.7 Å². The molecule has 1 aromatic rings. The van der Waals surface area contributed by atoms with Crippen molar-refractivity contribution in [3.8, 4) is 0 Å². The molecular formula is C20H33N5O. The molecule has 1 atom stereocenters. The molecular weight excluding hydrogens is 326 g/mol. The molecule has 0 spiro atoms. The Morgan fingerprint density at radius 1 is 1.19 bits per heavy atom. The Bertz CT molecular complexity index is 618. The first-order chi connectivity index (χ1) is 12.7. The molecule has 1 aliphatic carbocycles. The number of anilines is 1. The van der Waals surface area contributed by atoms with Gasteiger partial charge in [0, 0.05) is 58.2 Å². The molecule has 2 aliphatic heterocycles. The van der Waals surface area contributed by atoms with E-state index in [0.717, 1.165) is 57.4 Å². The van der Waals surface area contributed by atoms with Crippen molar-refractivity contribution < 1.29 is 4.74 Å². The van der Waals surface area contributed by atoms with Crippen molar-refractivity contribution in [2.75, 3.05) is 64.9 Å². The average Bonchev–Trinajstić information content (AvgIpc) is 3.43. The maximum absolute atomic E-state index is 5.23. The van der Waals surface area contributed by atoms with Gasteiger partial charge < -0.3 is 19.9 Å². The minimum absolute atomic E-state index is 0.611. The number of hydrogen-bond acceptors (Lipinski definition) is 6. The Labute approximate surface area is 157 Å². The second-order valence-electron chi connectivity index (χ2n) is 8.18. The first-order valence-corrected chi connectivity index (χ1v) is 10.3. The summed E-state index contributed by atoms with van der Waals surface area (Å²) in [6, 6.07) is 0. The zero-order valence-corrected chi connectivity index (χ0v) is 16.3. The highest BCUT2D eigenvalue weighted by atomic mass is 16.5. The van der Waals surface area contributed by atoms with Gasteiger partial charge in [-0.15, -0.1) is 0 Å². The van der Waals surface area contributed by atoms with Crippen LogP contribution >= 0.6 is 0 Å². The predicted octanol–water partition coefficient (Wildman–Crippen LogP) is 1.45. The lowest BCUT2D eigenvalue weighted by molar-refractivity contribution is 0.159. The van der Waals surface area contributed by atoms with Crippen molar-refractivity contribution in [2.45, 2.75) is 38.0 Å². The van der Waals surface area contributed by atoms with E-state index in [1.54, 1.807) is 7.11 Å². The van der Waals surface area contributed by atoms with Gasteiger partial charge in [-0.3, -0.25) is 0 Å². The van der Waals surface area contributed by atoms with E-state index >= 15 is 0 Å². The number of nitrogens with zero attached hydrogens (tertiary/aromatic N) is 4. The van der Waals surface area contributed by atoms with Gasteiger partial charge in [0.2, 0.25) is 0 Å². The van der Waals surface area contributed by atoms with Crippen molar-refractivity contribution in [1.29, 1.82) is 0 Å². The molecule has 26 heavy (non-hydrogen) atoms. The monoisotopic (exact) mass is 359 g/mol. The number of fused-ring (bicyclic) bond motifs is 1. The second kappa shape index (κ2) is 8.19. The fraction of sp³-hybridized carbons (Fsp3) is 0.800. The van der Waals surface area contributed by atoms with Gasteiger partial charge in [0.15, 0.2) is 0 Å². The van der Waals surface area contributed by atoms with Crippen LogP contribution in [0.2, 0.25) is 0 Å². The molecule has 2 fully saturated rings. The Kier molecular flexibility index (Phi) is 5.72. The van der Waals surface area contributed by atoms with E-state index in [0.29, 0.717) is 5.92 Å². The maximum Gasteiger partial charge on any atom is 0.135 e. The number of nitrogens with one attached hydrogen (secondary N) is 1. The summed E-state index contributed by atoms with van der Waals surface area (Å²) in [4.78, 5) is 15.0. The van der Waals surface area contributed by atoms with Gasteiger partial charge in [-0.2, -0.15) is 0 Å². The van der Waals surface area contributed by atoms with Crippen LogP contribution in [0.25, 0.3) is 0 Å². The van der Waals surface area contributed by atoms with E-state index in [2.05, 4.69) is 22.2 Å². The van der Waals surface area contributed by atoms with Crippen LogP contribution in [-0.2, 0) is 17.6 Å². The van der Waals surface area contributed by atoms with Crippen LogP contribution in [0.5, 0.6) is 0 Å². The minimum Gasteiger partial charge on any atom is -0.383 e. The normalized spacial score (nSPS) is 23.7. The number of methoxy groups -OCH3 is 1. The van der Waals surface area contributed by atoms with Crippen molar-refractivity contribution in [3.05, 3.63) is 17.1 Å². The van der Waals surface area contributed by atoms with Gasteiger partial charge in [-0.25, -0.2) is 9.97 Å². The molecule has 6 heteroatoms. The molecule has 1 saturated heterocycles. The van der Waals surface area contributed by atoms with Gasteiger partial charge in [-0.05, 0) is 44.7 Å². The summed E-state index contributed by atoms with van der Waals surface area (Å²) >= 11 is 0. The molecule has 6 nitrogen and oxygen atoms in total. The molecule has 0 unspecified atom stereocenters. The summed E-state index contributed by atoms with van der Waals surface area (Å²) < 4.78 is 5.23. The second-order valence-corrected chi connectivity index (χ2v) is 8.18. The summed E-state index contributed by atoms with van der Waals surface area (Å²) in [5, 5.41) is 3.52. The van der Waals surface area contributed by atoms with E-state index in [1.807, 2.05) is 0 Å². The molecule has 0 bridgehead atoms. The third kappa shape index (κ3) is 4.18. The van der Waals surface area contributed by atoms with E-state index in [1.165, 1.54) is 49.4 Å². The summed E-state index contributed by atoms with van der Waals surface area (Å²) in [6.07, 6.45) is 5.88. The highest BCUT2D eigenvalue weighted by molar-refractivity contribution is 5.50.